The van der Waals surface area contributed by atoms with E-state index in [1.54, 1.807) is 25.2 Å². The molecule has 144 valence electrons. The van der Waals surface area contributed by atoms with Crippen molar-refractivity contribution in [2.24, 2.45) is 0 Å². The van der Waals surface area contributed by atoms with Gasteiger partial charge in [-0.2, -0.15) is 0 Å². The van der Waals surface area contributed by atoms with Gasteiger partial charge in [-0.25, -0.2) is 9.59 Å². The Bertz CT molecular complexity index is 1040. The van der Waals surface area contributed by atoms with E-state index >= 15 is 0 Å². The van der Waals surface area contributed by atoms with Crippen LogP contribution in [-0.2, 0) is 11.3 Å². The van der Waals surface area contributed by atoms with E-state index in [-0.39, 0.29) is 22.1 Å². The molecule has 28 heavy (non-hydrogen) atoms. The van der Waals surface area contributed by atoms with Gasteiger partial charge in [0.15, 0.2) is 17.2 Å². The number of hydrogen-bond acceptors (Lipinski definition) is 5. The van der Waals surface area contributed by atoms with Gasteiger partial charge in [0.2, 0.25) is 0 Å². The summed E-state index contributed by atoms with van der Waals surface area (Å²) in [5.74, 6) is -2.88. The van der Waals surface area contributed by atoms with Gasteiger partial charge in [0.05, 0.1) is 5.56 Å². The molecule has 0 aliphatic heterocycles. The van der Waals surface area contributed by atoms with Crippen LogP contribution >= 0.6 is 11.3 Å². The molecule has 2 aromatic carbocycles. The lowest BCUT2D eigenvalue weighted by atomic mass is 10.1. The zero-order chi connectivity index (χ0) is 20.3. The lowest BCUT2D eigenvalue weighted by Gasteiger charge is -2.18. The summed E-state index contributed by atoms with van der Waals surface area (Å²) >= 11 is 0.943. The molecule has 0 saturated carbocycles. The molecular weight excluding hydrogens is 382 g/mol. The SMILES string of the molecule is CN(Cc1ccccc1)C(=O)c1cccc2sc(C(=O)O)c(OCC(=O)O)c12. The van der Waals surface area contributed by atoms with Crippen LogP contribution in [0.2, 0.25) is 0 Å². The number of carbonyl (C=O) groups is 3. The summed E-state index contributed by atoms with van der Waals surface area (Å²) in [6, 6.07) is 14.4. The zero-order valence-electron chi connectivity index (χ0n) is 14.9. The number of fused-ring (bicyclic) bond motifs is 1. The van der Waals surface area contributed by atoms with Gasteiger partial charge in [-0.3, -0.25) is 4.79 Å². The number of carbonyl (C=O) groups excluding carboxylic acids is 1. The van der Waals surface area contributed by atoms with Crippen LogP contribution in [0.4, 0.5) is 0 Å². The first-order valence-electron chi connectivity index (χ1n) is 8.31. The van der Waals surface area contributed by atoms with E-state index in [0.717, 1.165) is 16.9 Å². The van der Waals surface area contributed by atoms with Crippen LogP contribution in [0.25, 0.3) is 10.1 Å². The Labute approximate surface area is 164 Å². The van der Waals surface area contributed by atoms with Gasteiger partial charge < -0.3 is 19.8 Å². The van der Waals surface area contributed by atoms with Crippen molar-refractivity contribution in [2.75, 3.05) is 13.7 Å². The molecular formula is C20H17NO6S. The lowest BCUT2D eigenvalue weighted by Crippen LogP contribution is -2.26. The number of carboxylic acid groups (broad SMARTS) is 2. The number of thiophene rings is 1. The Balaban J connectivity index is 2.03. The highest BCUT2D eigenvalue weighted by molar-refractivity contribution is 7.21. The van der Waals surface area contributed by atoms with Gasteiger partial charge in [-0.1, -0.05) is 36.4 Å². The summed E-state index contributed by atoms with van der Waals surface area (Å²) in [6.07, 6.45) is 0. The van der Waals surface area contributed by atoms with Crippen LogP contribution < -0.4 is 4.74 Å². The smallest absolute Gasteiger partial charge is 0.349 e. The van der Waals surface area contributed by atoms with Gasteiger partial charge in [0.1, 0.15) is 0 Å². The summed E-state index contributed by atoms with van der Waals surface area (Å²) in [6.45, 7) is -0.328. The van der Waals surface area contributed by atoms with Gasteiger partial charge in [-0.15, -0.1) is 11.3 Å². The number of hydrogen-bond donors (Lipinski definition) is 2. The van der Waals surface area contributed by atoms with Crippen LogP contribution in [0, 0.1) is 0 Å². The third-order valence-corrected chi connectivity index (χ3v) is 5.17. The summed E-state index contributed by atoms with van der Waals surface area (Å²) in [5.41, 5.74) is 1.21. The first kappa shape index (κ1) is 19.4. The molecule has 0 unspecified atom stereocenters. The van der Waals surface area contributed by atoms with Crippen LogP contribution in [-0.4, -0.2) is 46.6 Å². The van der Waals surface area contributed by atoms with Gasteiger partial charge in [-0.05, 0) is 17.7 Å². The van der Waals surface area contributed by atoms with Crippen molar-refractivity contribution in [1.29, 1.82) is 0 Å². The third kappa shape index (κ3) is 3.96. The van der Waals surface area contributed by atoms with Crippen molar-refractivity contribution in [3.05, 3.63) is 64.5 Å². The maximum absolute atomic E-state index is 13.0. The largest absolute Gasteiger partial charge is 0.479 e. The van der Waals surface area contributed by atoms with E-state index in [1.165, 1.54) is 4.90 Å². The molecule has 1 aromatic heterocycles. The van der Waals surface area contributed by atoms with Crippen LogP contribution in [0.15, 0.2) is 48.5 Å². The number of amides is 1. The Kier molecular flexibility index (Phi) is 5.60. The highest BCUT2D eigenvalue weighted by Crippen LogP contribution is 2.40. The first-order chi connectivity index (χ1) is 13.4. The quantitative estimate of drug-likeness (QED) is 0.631. The van der Waals surface area contributed by atoms with Crippen molar-refractivity contribution in [3.63, 3.8) is 0 Å². The number of aromatic carboxylic acids is 1. The van der Waals surface area contributed by atoms with Gasteiger partial charge in [0.25, 0.3) is 5.91 Å². The molecule has 8 heteroatoms. The molecule has 0 fully saturated rings. The van der Waals surface area contributed by atoms with Crippen molar-refractivity contribution in [3.8, 4) is 5.75 Å². The van der Waals surface area contributed by atoms with Crippen molar-refractivity contribution in [2.45, 2.75) is 6.54 Å². The maximum atomic E-state index is 13.0. The zero-order valence-corrected chi connectivity index (χ0v) is 15.7. The van der Waals surface area contributed by atoms with E-state index in [1.807, 2.05) is 30.3 Å². The Morgan fingerprint density at radius 2 is 1.75 bits per heavy atom. The molecule has 3 aromatic rings. The fourth-order valence-corrected chi connectivity index (χ4v) is 3.86. The highest BCUT2D eigenvalue weighted by Gasteiger charge is 2.25. The summed E-state index contributed by atoms with van der Waals surface area (Å²) < 4.78 is 5.80. The number of rotatable bonds is 7. The fraction of sp³-hybridized carbons (Fsp3) is 0.150. The monoisotopic (exact) mass is 399 g/mol. The van der Waals surface area contributed by atoms with Gasteiger partial charge in [0, 0.05) is 23.7 Å². The standard InChI is InChI=1S/C20H17NO6S/c1-21(10-12-6-3-2-4-7-12)19(24)13-8-5-9-14-16(13)17(27-11-15(22)23)18(28-14)20(25)26/h2-9H,10-11H2,1H3,(H,22,23)(H,25,26). The van der Waals surface area contributed by atoms with Crippen LogP contribution in [0.1, 0.15) is 25.6 Å². The van der Waals surface area contributed by atoms with E-state index in [9.17, 15) is 19.5 Å². The molecule has 0 atom stereocenters. The topological polar surface area (TPSA) is 104 Å². The highest BCUT2D eigenvalue weighted by atomic mass is 32.1. The molecule has 3 rings (SSSR count). The molecule has 0 aliphatic carbocycles. The third-order valence-electron chi connectivity index (χ3n) is 4.05. The molecule has 0 bridgehead atoms. The minimum absolute atomic E-state index is 0.0908. The van der Waals surface area contributed by atoms with Crippen LogP contribution in [0.5, 0.6) is 5.75 Å². The average Bonchev–Trinajstić information content (AvgIpc) is 3.05. The average molecular weight is 399 g/mol. The minimum Gasteiger partial charge on any atom is -0.479 e. The Morgan fingerprint density at radius 3 is 2.39 bits per heavy atom. The normalized spacial score (nSPS) is 10.6. The van der Waals surface area contributed by atoms with Crippen LogP contribution in [0.3, 0.4) is 0 Å². The van der Waals surface area contributed by atoms with Crippen molar-refractivity contribution < 1.29 is 29.3 Å². The number of carboxylic acids is 2. The number of ether oxygens (including phenoxy) is 1. The summed E-state index contributed by atoms with van der Waals surface area (Å²) in [7, 11) is 1.65. The van der Waals surface area contributed by atoms with E-state index in [2.05, 4.69) is 0 Å². The van der Waals surface area contributed by atoms with Crippen molar-refractivity contribution in [1.82, 2.24) is 4.90 Å². The second-order valence-electron chi connectivity index (χ2n) is 6.07. The lowest BCUT2D eigenvalue weighted by molar-refractivity contribution is -0.139. The molecule has 1 heterocycles. The molecule has 0 spiro atoms. The Hall–Kier alpha value is -3.39. The number of nitrogens with zero attached hydrogens (tertiary/aromatic N) is 1. The molecule has 7 nitrogen and oxygen atoms in total. The summed E-state index contributed by atoms with van der Waals surface area (Å²) in [4.78, 5) is 36.9. The maximum Gasteiger partial charge on any atom is 0.349 e. The molecule has 2 N–H and O–H groups in total. The predicted molar refractivity (Wildman–Crippen MR) is 104 cm³/mol. The van der Waals surface area contributed by atoms with E-state index in [0.29, 0.717) is 16.6 Å². The molecule has 0 saturated heterocycles. The molecule has 0 aliphatic rings. The number of aliphatic carboxylic acids is 1. The second-order valence-corrected chi connectivity index (χ2v) is 7.13. The van der Waals surface area contributed by atoms with E-state index in [4.69, 9.17) is 9.84 Å². The fourth-order valence-electron chi connectivity index (χ4n) is 2.85. The Morgan fingerprint density at radius 1 is 1.04 bits per heavy atom. The first-order valence-corrected chi connectivity index (χ1v) is 9.13. The predicted octanol–water partition coefficient (Wildman–Crippen LogP) is 3.34. The molecule has 0 radical (unpaired) electrons. The van der Waals surface area contributed by atoms with Crippen molar-refractivity contribution >= 4 is 39.3 Å². The second kappa shape index (κ2) is 8.10. The summed E-state index contributed by atoms with van der Waals surface area (Å²) in [5, 5.41) is 18.7. The molecule has 1 amide bonds. The van der Waals surface area contributed by atoms with E-state index < -0.39 is 18.5 Å². The minimum atomic E-state index is -1.24. The number of benzene rings is 2. The van der Waals surface area contributed by atoms with Gasteiger partial charge >= 0.3 is 11.9 Å².